The van der Waals surface area contributed by atoms with Gasteiger partial charge in [-0.05, 0) is 24.3 Å². The third-order valence-electron chi connectivity index (χ3n) is 2.82. The van der Waals surface area contributed by atoms with Gasteiger partial charge in [0.1, 0.15) is 11.5 Å². The Morgan fingerprint density at radius 1 is 0.920 bits per heavy atom. The van der Waals surface area contributed by atoms with E-state index < -0.39 is 7.59 Å². The molecule has 0 fully saturated rings. The van der Waals surface area contributed by atoms with Crippen molar-refractivity contribution >= 4 is 81.8 Å². The second kappa shape index (κ2) is 7.91. The molecule has 0 saturated heterocycles. The van der Waals surface area contributed by atoms with Crippen LogP contribution in [0.1, 0.15) is 23.0 Å². The molecule has 25 heavy (non-hydrogen) atoms. The van der Waals surface area contributed by atoms with Crippen molar-refractivity contribution in [2.24, 2.45) is 0 Å². The number of hydrogen-bond acceptors (Lipinski definition) is 5. The van der Waals surface area contributed by atoms with Crippen LogP contribution in [-0.4, -0.2) is 27.2 Å². The molecular weight excluding hydrogens is 455 g/mol. The summed E-state index contributed by atoms with van der Waals surface area (Å²) in [6, 6.07) is 4.80. The molecule has 5 nitrogen and oxygen atoms in total. The van der Waals surface area contributed by atoms with E-state index in [0.29, 0.717) is 11.3 Å². The monoisotopic (exact) mass is 461 g/mol. The maximum Gasteiger partial charge on any atom is 0.250 e. The molecule has 2 aromatic rings. The van der Waals surface area contributed by atoms with Gasteiger partial charge in [0, 0.05) is 0 Å². The highest BCUT2D eigenvalue weighted by molar-refractivity contribution is 6.67. The Morgan fingerprint density at radius 2 is 1.48 bits per heavy atom. The van der Waals surface area contributed by atoms with E-state index in [9.17, 15) is 5.11 Å². The molecular formula is C14H9Cl6N3O2. The molecule has 0 radical (unpaired) electrons. The predicted octanol–water partition coefficient (Wildman–Crippen LogP) is 5.41. The van der Waals surface area contributed by atoms with Crippen LogP contribution in [0.5, 0.6) is 11.5 Å². The average Bonchev–Trinajstić information content (AvgIpc) is 2.51. The number of aromatic nitrogens is 3. The summed E-state index contributed by atoms with van der Waals surface area (Å²) in [6.07, 6.45) is 2.94. The fourth-order valence-electron chi connectivity index (χ4n) is 1.76. The molecule has 0 bridgehead atoms. The van der Waals surface area contributed by atoms with Gasteiger partial charge in [-0.1, -0.05) is 75.7 Å². The second-order valence-electron chi connectivity index (χ2n) is 4.56. The Balaban J connectivity index is 2.53. The van der Waals surface area contributed by atoms with E-state index in [1.165, 1.54) is 25.3 Å². The minimum Gasteiger partial charge on any atom is -0.507 e. The smallest absolute Gasteiger partial charge is 0.250 e. The van der Waals surface area contributed by atoms with Crippen molar-refractivity contribution in [3.63, 3.8) is 0 Å². The summed E-state index contributed by atoms with van der Waals surface area (Å²) in [6.45, 7) is 0. The Morgan fingerprint density at radius 3 is 1.96 bits per heavy atom. The van der Waals surface area contributed by atoms with Crippen molar-refractivity contribution in [1.29, 1.82) is 0 Å². The van der Waals surface area contributed by atoms with Crippen molar-refractivity contribution < 1.29 is 9.84 Å². The molecule has 1 aromatic carbocycles. The lowest BCUT2D eigenvalue weighted by atomic mass is 10.1. The number of benzene rings is 1. The number of phenols is 1. The van der Waals surface area contributed by atoms with Gasteiger partial charge in [0.15, 0.2) is 17.5 Å². The molecule has 2 rings (SSSR count). The molecule has 0 aliphatic heterocycles. The van der Waals surface area contributed by atoms with Crippen molar-refractivity contribution in [2.45, 2.75) is 7.59 Å². The third-order valence-corrected chi connectivity index (χ3v) is 3.84. The van der Waals surface area contributed by atoms with Crippen LogP contribution in [0.4, 0.5) is 0 Å². The highest BCUT2D eigenvalue weighted by Crippen LogP contribution is 2.40. The first kappa shape index (κ1) is 20.6. The molecule has 0 atom stereocenters. The van der Waals surface area contributed by atoms with Crippen LogP contribution >= 0.6 is 69.6 Å². The Labute approximate surface area is 173 Å². The van der Waals surface area contributed by atoms with E-state index in [2.05, 4.69) is 15.0 Å². The Bertz CT molecular complexity index is 770. The van der Waals surface area contributed by atoms with Gasteiger partial charge in [0.05, 0.1) is 12.7 Å². The molecule has 0 spiro atoms. The number of nitrogens with zero attached hydrogens (tertiary/aromatic N) is 3. The number of methoxy groups -OCH3 is 1. The van der Waals surface area contributed by atoms with Crippen molar-refractivity contribution in [2.75, 3.05) is 7.11 Å². The van der Waals surface area contributed by atoms with Crippen LogP contribution in [0.25, 0.3) is 12.2 Å². The number of ether oxygens (including phenoxy) is 1. The fraction of sp³-hybridized carbons (Fsp3) is 0.214. The lowest BCUT2D eigenvalue weighted by Gasteiger charge is -2.14. The molecule has 1 N–H and O–H groups in total. The highest BCUT2D eigenvalue weighted by atomic mass is 35.6. The molecule has 0 unspecified atom stereocenters. The number of halogens is 6. The summed E-state index contributed by atoms with van der Waals surface area (Å²) in [7, 11) is 1.47. The summed E-state index contributed by atoms with van der Waals surface area (Å²) >= 11 is 34.8. The standard InChI is InChI=1S/C14H9Cl6N3O2/c1-25-9-4-2-3-8(24)7(9)5-6-10-21-11(13(15,16)17)23-12(22-10)14(18,19)20/h2-6,24H,1H3. The topological polar surface area (TPSA) is 68.1 Å². The minimum absolute atomic E-state index is 0.00661. The Hall–Kier alpha value is -0.690. The lowest BCUT2D eigenvalue weighted by Crippen LogP contribution is -2.16. The molecule has 134 valence electrons. The van der Waals surface area contributed by atoms with Crippen molar-refractivity contribution in [3.05, 3.63) is 41.2 Å². The van der Waals surface area contributed by atoms with Crippen LogP contribution < -0.4 is 4.74 Å². The number of aromatic hydroxyl groups is 1. The fourth-order valence-corrected chi connectivity index (χ4v) is 2.26. The molecule has 0 aliphatic rings. The van der Waals surface area contributed by atoms with Crippen LogP contribution in [-0.2, 0) is 7.59 Å². The van der Waals surface area contributed by atoms with Gasteiger partial charge >= 0.3 is 0 Å². The maximum absolute atomic E-state index is 9.96. The second-order valence-corrected chi connectivity index (χ2v) is 9.13. The largest absolute Gasteiger partial charge is 0.507 e. The van der Waals surface area contributed by atoms with E-state index in [1.54, 1.807) is 12.1 Å². The van der Waals surface area contributed by atoms with Crippen molar-refractivity contribution in [3.8, 4) is 11.5 Å². The highest BCUT2D eigenvalue weighted by Gasteiger charge is 2.33. The van der Waals surface area contributed by atoms with E-state index in [1.807, 2.05) is 0 Å². The third kappa shape index (κ3) is 5.39. The van der Waals surface area contributed by atoms with Gasteiger partial charge in [0.2, 0.25) is 7.59 Å². The SMILES string of the molecule is COc1cccc(O)c1C=Cc1nc(C(Cl)(Cl)Cl)nc(C(Cl)(Cl)Cl)n1. The lowest BCUT2D eigenvalue weighted by molar-refractivity contribution is 0.406. The van der Waals surface area contributed by atoms with Crippen LogP contribution in [0.15, 0.2) is 18.2 Å². The number of hydrogen-bond donors (Lipinski definition) is 1. The molecule has 0 saturated carbocycles. The Kier molecular flexibility index (Phi) is 6.52. The van der Waals surface area contributed by atoms with Gasteiger partial charge < -0.3 is 9.84 Å². The van der Waals surface area contributed by atoms with E-state index in [-0.39, 0.29) is 23.2 Å². The zero-order chi connectivity index (χ0) is 18.8. The van der Waals surface area contributed by atoms with Crippen LogP contribution in [0.3, 0.4) is 0 Å². The number of alkyl halides is 6. The summed E-state index contributed by atoms with van der Waals surface area (Å²) in [5, 5.41) is 9.96. The van der Waals surface area contributed by atoms with E-state index in [0.717, 1.165) is 0 Å². The number of rotatable bonds is 3. The first-order chi connectivity index (χ1) is 11.5. The normalized spacial score (nSPS) is 12.6. The van der Waals surface area contributed by atoms with Gasteiger partial charge in [0.25, 0.3) is 0 Å². The zero-order valence-electron chi connectivity index (χ0n) is 12.4. The minimum atomic E-state index is -1.94. The van der Waals surface area contributed by atoms with Crippen LogP contribution in [0.2, 0.25) is 0 Å². The van der Waals surface area contributed by atoms with Gasteiger partial charge in [-0.2, -0.15) is 0 Å². The average molecular weight is 464 g/mol. The first-order valence-corrected chi connectivity index (χ1v) is 8.73. The van der Waals surface area contributed by atoms with Crippen molar-refractivity contribution in [1.82, 2.24) is 15.0 Å². The van der Waals surface area contributed by atoms with Crippen LogP contribution in [0, 0.1) is 0 Å². The van der Waals surface area contributed by atoms with E-state index in [4.69, 9.17) is 74.3 Å². The summed E-state index contributed by atoms with van der Waals surface area (Å²) < 4.78 is 1.30. The summed E-state index contributed by atoms with van der Waals surface area (Å²) in [5.41, 5.74) is 0.399. The first-order valence-electron chi connectivity index (χ1n) is 6.47. The van der Waals surface area contributed by atoms with E-state index >= 15 is 0 Å². The molecule has 1 aromatic heterocycles. The maximum atomic E-state index is 9.96. The summed E-state index contributed by atoms with van der Waals surface area (Å²) in [4.78, 5) is 11.9. The van der Waals surface area contributed by atoms with Gasteiger partial charge in [-0.3, -0.25) is 0 Å². The quantitative estimate of drug-likeness (QED) is 0.616. The molecule has 11 heteroatoms. The molecule has 0 amide bonds. The summed E-state index contributed by atoms with van der Waals surface area (Å²) in [5.74, 6) is 0.0692. The predicted molar refractivity (Wildman–Crippen MR) is 102 cm³/mol. The van der Waals surface area contributed by atoms with Gasteiger partial charge in [-0.15, -0.1) is 0 Å². The molecule has 1 heterocycles. The number of phenolic OH excluding ortho intramolecular Hbond substituents is 1. The zero-order valence-corrected chi connectivity index (χ0v) is 16.9. The van der Waals surface area contributed by atoms with Gasteiger partial charge in [-0.25, -0.2) is 15.0 Å². The molecule has 0 aliphatic carbocycles.